The van der Waals surface area contributed by atoms with Gasteiger partial charge >= 0.3 is 0 Å². The average molecular weight is 400 g/mol. The van der Waals surface area contributed by atoms with Crippen LogP contribution in [0.3, 0.4) is 0 Å². The molecular formula is C23H24N6O. The Kier molecular flexibility index (Phi) is 5.79. The number of benzene rings is 1. The van der Waals surface area contributed by atoms with E-state index in [9.17, 15) is 4.79 Å². The summed E-state index contributed by atoms with van der Waals surface area (Å²) in [5.74, 6) is 1.04. The maximum Gasteiger partial charge on any atom is 0.247 e. The summed E-state index contributed by atoms with van der Waals surface area (Å²) in [7, 11) is 0. The van der Waals surface area contributed by atoms with Gasteiger partial charge in [0, 0.05) is 36.4 Å². The van der Waals surface area contributed by atoms with Crippen molar-refractivity contribution < 1.29 is 4.79 Å². The number of hydrogen-bond donors (Lipinski definition) is 1. The lowest BCUT2D eigenvalue weighted by Gasteiger charge is -2.24. The second-order valence-electron chi connectivity index (χ2n) is 7.32. The second kappa shape index (κ2) is 8.82. The summed E-state index contributed by atoms with van der Waals surface area (Å²) in [6.07, 6.45) is 8.52. The van der Waals surface area contributed by atoms with Gasteiger partial charge in [-0.2, -0.15) is 0 Å². The molecule has 1 fully saturated rings. The van der Waals surface area contributed by atoms with Crippen LogP contribution in [0.15, 0.2) is 54.9 Å². The van der Waals surface area contributed by atoms with Crippen LogP contribution in [0.4, 0.5) is 11.8 Å². The van der Waals surface area contributed by atoms with Gasteiger partial charge in [0.15, 0.2) is 5.82 Å². The van der Waals surface area contributed by atoms with E-state index in [1.54, 1.807) is 18.5 Å². The summed E-state index contributed by atoms with van der Waals surface area (Å²) < 4.78 is 0. The Morgan fingerprint density at radius 1 is 1.10 bits per heavy atom. The molecule has 4 rings (SSSR count). The number of aromatic nitrogens is 4. The first-order valence-electron chi connectivity index (χ1n) is 10.0. The minimum absolute atomic E-state index is 0.0272. The van der Waals surface area contributed by atoms with Crippen LogP contribution in [-0.2, 0) is 4.79 Å². The van der Waals surface area contributed by atoms with E-state index in [2.05, 4.69) is 25.3 Å². The monoisotopic (exact) mass is 400 g/mol. The zero-order chi connectivity index (χ0) is 20.9. The zero-order valence-corrected chi connectivity index (χ0v) is 17.1. The fourth-order valence-corrected chi connectivity index (χ4v) is 3.72. The highest BCUT2D eigenvalue weighted by atomic mass is 16.2. The Balaban J connectivity index is 1.57. The lowest BCUT2D eigenvalue weighted by Crippen LogP contribution is -2.30. The van der Waals surface area contributed by atoms with E-state index < -0.39 is 0 Å². The molecule has 3 aromatic rings. The minimum atomic E-state index is -0.139. The van der Waals surface area contributed by atoms with Crippen molar-refractivity contribution >= 4 is 23.7 Å². The van der Waals surface area contributed by atoms with Crippen LogP contribution in [0.5, 0.6) is 0 Å². The van der Waals surface area contributed by atoms with Crippen molar-refractivity contribution in [2.45, 2.75) is 32.7 Å². The van der Waals surface area contributed by atoms with E-state index in [1.165, 1.54) is 0 Å². The molecule has 2 aromatic heterocycles. The third-order valence-corrected chi connectivity index (χ3v) is 5.01. The highest BCUT2D eigenvalue weighted by Crippen LogP contribution is 2.34. The molecule has 0 aliphatic carbocycles. The van der Waals surface area contributed by atoms with Gasteiger partial charge in [0.2, 0.25) is 11.9 Å². The molecule has 1 aliphatic heterocycles. The molecule has 0 spiro atoms. The molecule has 1 amide bonds. The van der Waals surface area contributed by atoms with Crippen molar-refractivity contribution in [3.8, 4) is 0 Å². The van der Waals surface area contributed by atoms with Crippen molar-refractivity contribution in [1.29, 1.82) is 0 Å². The number of likely N-dealkylation sites (tertiary alicyclic amines) is 1. The van der Waals surface area contributed by atoms with Gasteiger partial charge in [-0.15, -0.1) is 0 Å². The number of anilines is 2. The van der Waals surface area contributed by atoms with Gasteiger partial charge in [-0.1, -0.05) is 30.3 Å². The third-order valence-electron chi connectivity index (χ3n) is 5.01. The fraction of sp³-hybridized carbons (Fsp3) is 0.261. The van der Waals surface area contributed by atoms with Crippen molar-refractivity contribution in [1.82, 2.24) is 24.8 Å². The van der Waals surface area contributed by atoms with Crippen LogP contribution in [0.2, 0.25) is 0 Å². The van der Waals surface area contributed by atoms with Crippen LogP contribution in [-0.4, -0.2) is 37.3 Å². The molecule has 7 heteroatoms. The molecule has 0 radical (unpaired) electrons. The van der Waals surface area contributed by atoms with Gasteiger partial charge in [-0.3, -0.25) is 9.78 Å². The molecule has 0 bridgehead atoms. The minimum Gasteiger partial charge on any atom is -0.330 e. The van der Waals surface area contributed by atoms with Crippen molar-refractivity contribution in [3.05, 3.63) is 77.5 Å². The van der Waals surface area contributed by atoms with Crippen LogP contribution in [0.25, 0.3) is 6.08 Å². The molecule has 152 valence electrons. The van der Waals surface area contributed by atoms with Gasteiger partial charge < -0.3 is 10.2 Å². The molecule has 1 aliphatic rings. The first kappa shape index (κ1) is 19.7. The van der Waals surface area contributed by atoms with Crippen LogP contribution in [0, 0.1) is 13.8 Å². The molecule has 1 unspecified atom stereocenters. The van der Waals surface area contributed by atoms with Gasteiger partial charge in [0.05, 0.1) is 6.04 Å². The Morgan fingerprint density at radius 3 is 2.60 bits per heavy atom. The van der Waals surface area contributed by atoms with Gasteiger partial charge in [0.25, 0.3) is 0 Å². The number of carbonyl (C=O) groups excluding carboxylic acids is 1. The van der Waals surface area contributed by atoms with E-state index in [-0.39, 0.29) is 11.9 Å². The molecule has 3 heterocycles. The normalized spacial score (nSPS) is 16.2. The number of nitrogens with zero attached hydrogens (tertiary/aromatic N) is 5. The molecule has 1 N–H and O–H groups in total. The summed E-state index contributed by atoms with van der Waals surface area (Å²) in [6, 6.07) is 11.6. The zero-order valence-electron chi connectivity index (χ0n) is 17.1. The van der Waals surface area contributed by atoms with Crippen molar-refractivity contribution in [2.75, 3.05) is 11.9 Å². The Hall–Kier alpha value is -3.61. The quantitative estimate of drug-likeness (QED) is 0.652. The van der Waals surface area contributed by atoms with Gasteiger partial charge in [-0.05, 0) is 44.4 Å². The number of carbonyl (C=O) groups is 1. The standard InChI is InChI=1S/C23H24N6O/c1-16-15-17(2)27-23(26-16)28-22-21(24-12-13-25-22)19-9-6-14-29(19)20(30)11-10-18-7-4-3-5-8-18/h3-5,7-8,10-13,15,19H,6,9,14H2,1-2H3,(H,25,26,27,28). The van der Waals surface area contributed by atoms with Crippen LogP contribution in [0.1, 0.15) is 41.5 Å². The highest BCUT2D eigenvalue weighted by molar-refractivity contribution is 5.92. The number of amides is 1. The SMILES string of the molecule is Cc1cc(C)nc(Nc2nccnc2C2CCCN2C(=O)C=Cc2ccccc2)n1. The van der Waals surface area contributed by atoms with Gasteiger partial charge in [-0.25, -0.2) is 15.0 Å². The van der Waals surface area contributed by atoms with Crippen molar-refractivity contribution in [3.63, 3.8) is 0 Å². The third kappa shape index (κ3) is 4.51. The summed E-state index contributed by atoms with van der Waals surface area (Å²) in [5, 5.41) is 3.20. The van der Waals surface area contributed by atoms with E-state index >= 15 is 0 Å². The Bertz CT molecular complexity index is 1050. The van der Waals surface area contributed by atoms with E-state index in [0.29, 0.717) is 18.3 Å². The molecule has 0 saturated carbocycles. The summed E-state index contributed by atoms with van der Waals surface area (Å²) in [6.45, 7) is 4.54. The molecule has 1 aromatic carbocycles. The lowest BCUT2D eigenvalue weighted by atomic mass is 10.1. The predicted molar refractivity (Wildman–Crippen MR) is 116 cm³/mol. The average Bonchev–Trinajstić information content (AvgIpc) is 3.22. The molecule has 1 saturated heterocycles. The summed E-state index contributed by atoms with van der Waals surface area (Å²) in [5.41, 5.74) is 3.48. The largest absolute Gasteiger partial charge is 0.330 e. The van der Waals surface area contributed by atoms with E-state index in [4.69, 9.17) is 0 Å². The molecular weight excluding hydrogens is 376 g/mol. The lowest BCUT2D eigenvalue weighted by molar-refractivity contribution is -0.126. The molecule has 1 atom stereocenters. The fourth-order valence-electron chi connectivity index (χ4n) is 3.72. The smallest absolute Gasteiger partial charge is 0.247 e. The number of nitrogens with one attached hydrogen (secondary N) is 1. The first-order chi connectivity index (χ1) is 14.6. The van der Waals surface area contributed by atoms with Crippen LogP contribution < -0.4 is 5.32 Å². The predicted octanol–water partition coefficient (Wildman–Crippen LogP) is 4.00. The second-order valence-corrected chi connectivity index (χ2v) is 7.32. The maximum absolute atomic E-state index is 12.9. The molecule has 7 nitrogen and oxygen atoms in total. The molecule has 30 heavy (non-hydrogen) atoms. The summed E-state index contributed by atoms with van der Waals surface area (Å²) >= 11 is 0. The van der Waals surface area contributed by atoms with Gasteiger partial charge in [0.1, 0.15) is 5.69 Å². The number of hydrogen-bond acceptors (Lipinski definition) is 6. The Morgan fingerprint density at radius 2 is 1.83 bits per heavy atom. The number of rotatable bonds is 5. The number of aryl methyl sites for hydroxylation is 2. The van der Waals surface area contributed by atoms with Crippen LogP contribution >= 0.6 is 0 Å². The highest BCUT2D eigenvalue weighted by Gasteiger charge is 2.32. The first-order valence-corrected chi connectivity index (χ1v) is 10.0. The van der Waals surface area contributed by atoms with E-state index in [0.717, 1.165) is 35.5 Å². The van der Waals surface area contributed by atoms with Crippen molar-refractivity contribution in [2.24, 2.45) is 0 Å². The maximum atomic E-state index is 12.9. The topological polar surface area (TPSA) is 83.9 Å². The van der Waals surface area contributed by atoms with E-state index in [1.807, 2.05) is 61.2 Å². The summed E-state index contributed by atoms with van der Waals surface area (Å²) in [4.78, 5) is 32.6. The Labute approximate surface area is 175 Å².